The molecule has 0 aromatic carbocycles. The molecule has 0 bridgehead atoms. The van der Waals surface area contributed by atoms with Crippen LogP contribution in [0.15, 0.2) is 11.8 Å². The minimum absolute atomic E-state index is 0.0235. The molecule has 0 saturated carbocycles. The van der Waals surface area contributed by atoms with E-state index in [4.69, 9.17) is 9.94 Å². The normalized spacial score (nSPS) is 18.3. The van der Waals surface area contributed by atoms with Crippen LogP contribution >= 0.6 is 0 Å². The highest BCUT2D eigenvalue weighted by atomic mass is 16.7. The van der Waals surface area contributed by atoms with Crippen molar-refractivity contribution in [2.45, 2.75) is 6.42 Å². The summed E-state index contributed by atoms with van der Waals surface area (Å²) in [5.74, 6) is -0.337. The predicted octanol–water partition coefficient (Wildman–Crippen LogP) is 0.222. The monoisotopic (exact) mass is 143 g/mol. The lowest BCUT2D eigenvalue weighted by molar-refractivity contribution is -0.139. The number of aliphatic carboxylic acids is 1. The zero-order chi connectivity index (χ0) is 7.56. The molecule has 0 fully saturated rings. The van der Waals surface area contributed by atoms with Gasteiger partial charge >= 0.3 is 5.97 Å². The Kier molecular flexibility index (Phi) is 1.91. The third-order valence-electron chi connectivity index (χ3n) is 1.17. The van der Waals surface area contributed by atoms with Crippen LogP contribution in [0.3, 0.4) is 0 Å². The van der Waals surface area contributed by atoms with Gasteiger partial charge in [0.05, 0.1) is 6.54 Å². The van der Waals surface area contributed by atoms with Crippen LogP contribution in [0.4, 0.5) is 0 Å². The highest BCUT2D eigenvalue weighted by Gasteiger charge is 2.13. The molecule has 0 radical (unpaired) electrons. The fourth-order valence-corrected chi connectivity index (χ4v) is 0.759. The average Bonchev–Trinajstić information content (AvgIpc) is 2.13. The van der Waals surface area contributed by atoms with Crippen molar-refractivity contribution < 1.29 is 14.7 Å². The lowest BCUT2D eigenvalue weighted by Gasteiger charge is -2.07. The van der Waals surface area contributed by atoms with Crippen LogP contribution in [0.5, 0.6) is 0 Å². The van der Waals surface area contributed by atoms with Crippen LogP contribution in [0.2, 0.25) is 0 Å². The third kappa shape index (κ3) is 1.73. The zero-order valence-electron chi connectivity index (χ0n) is 5.70. The van der Waals surface area contributed by atoms with Crippen molar-refractivity contribution in [1.82, 2.24) is 5.06 Å². The summed E-state index contributed by atoms with van der Waals surface area (Å²) in [6.07, 6.45) is 1.73. The average molecular weight is 143 g/mol. The number of carbonyl (C=O) groups is 1. The molecule has 1 heterocycles. The third-order valence-corrected chi connectivity index (χ3v) is 1.17. The Morgan fingerprint density at radius 1 is 2.00 bits per heavy atom. The van der Waals surface area contributed by atoms with E-state index in [1.165, 1.54) is 0 Å². The molecular weight excluding hydrogens is 134 g/mol. The minimum Gasteiger partial charge on any atom is -0.481 e. The summed E-state index contributed by atoms with van der Waals surface area (Å²) in [6.45, 7) is 0.669. The predicted molar refractivity (Wildman–Crippen MR) is 34.1 cm³/mol. The van der Waals surface area contributed by atoms with Gasteiger partial charge in [-0.25, -0.2) is 0 Å². The largest absolute Gasteiger partial charge is 0.481 e. The Morgan fingerprint density at radius 2 is 2.70 bits per heavy atom. The first-order valence-corrected chi connectivity index (χ1v) is 2.98. The van der Waals surface area contributed by atoms with Crippen molar-refractivity contribution in [3.05, 3.63) is 11.8 Å². The first-order chi connectivity index (χ1) is 4.68. The maximum absolute atomic E-state index is 10.1. The number of likely N-dealkylation sites (N-methyl/N-ethyl adjacent to an activating group) is 1. The molecule has 1 aliphatic heterocycles. The van der Waals surface area contributed by atoms with Gasteiger partial charge in [-0.3, -0.25) is 4.79 Å². The van der Waals surface area contributed by atoms with Crippen molar-refractivity contribution >= 4 is 5.97 Å². The number of rotatable bonds is 2. The Bertz CT molecular complexity index is 176. The molecule has 1 aliphatic rings. The number of hydrogen-bond donors (Lipinski definition) is 1. The summed E-state index contributed by atoms with van der Waals surface area (Å²) in [5, 5.41) is 9.90. The van der Waals surface area contributed by atoms with E-state index in [1.54, 1.807) is 18.2 Å². The number of hydrogen-bond acceptors (Lipinski definition) is 3. The lowest BCUT2D eigenvalue weighted by Crippen LogP contribution is -2.11. The van der Waals surface area contributed by atoms with Gasteiger partial charge in [0.15, 0.2) is 0 Å². The van der Waals surface area contributed by atoms with Crippen LogP contribution in [-0.4, -0.2) is 29.7 Å². The Hall–Kier alpha value is -1.03. The second-order valence-electron chi connectivity index (χ2n) is 2.14. The topological polar surface area (TPSA) is 49.8 Å². The highest BCUT2D eigenvalue weighted by Crippen LogP contribution is 2.11. The molecule has 10 heavy (non-hydrogen) atoms. The molecule has 0 spiro atoms. The first kappa shape index (κ1) is 7.08. The highest BCUT2D eigenvalue weighted by molar-refractivity contribution is 5.69. The number of carboxylic acids is 1. The number of hydroxylamine groups is 2. The summed E-state index contributed by atoms with van der Waals surface area (Å²) in [6, 6.07) is 0. The molecule has 0 aliphatic carbocycles. The van der Waals surface area contributed by atoms with E-state index in [-0.39, 0.29) is 6.42 Å². The van der Waals surface area contributed by atoms with Crippen LogP contribution < -0.4 is 0 Å². The molecule has 0 amide bonds. The zero-order valence-corrected chi connectivity index (χ0v) is 5.70. The molecule has 0 aromatic heterocycles. The molecule has 0 saturated heterocycles. The van der Waals surface area contributed by atoms with Gasteiger partial charge in [-0.2, -0.15) is 0 Å². The molecule has 4 heteroatoms. The summed E-state index contributed by atoms with van der Waals surface area (Å²) >= 11 is 0. The summed E-state index contributed by atoms with van der Waals surface area (Å²) in [5.41, 5.74) is 0. The molecule has 1 N–H and O–H groups in total. The van der Waals surface area contributed by atoms with Gasteiger partial charge in [0.25, 0.3) is 0 Å². The lowest BCUT2D eigenvalue weighted by atomic mass is 10.3. The maximum atomic E-state index is 10.1. The van der Waals surface area contributed by atoms with Gasteiger partial charge in [0.2, 0.25) is 0 Å². The Labute approximate surface area is 58.7 Å². The van der Waals surface area contributed by atoms with E-state index in [0.29, 0.717) is 12.3 Å². The standard InChI is InChI=1S/C6H9NO3/c1-7-3-2-5(10-7)4-6(8)9/h2H,3-4H2,1H3,(H,8,9). The Morgan fingerprint density at radius 3 is 3.10 bits per heavy atom. The van der Waals surface area contributed by atoms with Crippen molar-refractivity contribution in [2.75, 3.05) is 13.6 Å². The van der Waals surface area contributed by atoms with E-state index in [2.05, 4.69) is 0 Å². The molecule has 0 unspecified atom stereocenters. The van der Waals surface area contributed by atoms with Gasteiger partial charge in [0.1, 0.15) is 12.2 Å². The van der Waals surface area contributed by atoms with E-state index < -0.39 is 5.97 Å². The van der Waals surface area contributed by atoms with Gasteiger partial charge in [-0.05, 0) is 6.08 Å². The van der Waals surface area contributed by atoms with Crippen LogP contribution in [0.1, 0.15) is 6.42 Å². The second-order valence-corrected chi connectivity index (χ2v) is 2.14. The summed E-state index contributed by atoms with van der Waals surface area (Å²) < 4.78 is 0. The summed E-state index contributed by atoms with van der Waals surface area (Å²) in [7, 11) is 1.76. The van der Waals surface area contributed by atoms with Gasteiger partial charge in [0, 0.05) is 7.05 Å². The van der Waals surface area contributed by atoms with Crippen LogP contribution in [-0.2, 0) is 9.63 Å². The molecule has 0 aromatic rings. The second kappa shape index (κ2) is 2.70. The van der Waals surface area contributed by atoms with Crippen molar-refractivity contribution in [1.29, 1.82) is 0 Å². The first-order valence-electron chi connectivity index (χ1n) is 2.98. The van der Waals surface area contributed by atoms with Gasteiger partial charge in [-0.1, -0.05) is 0 Å². The quantitative estimate of drug-likeness (QED) is 0.600. The van der Waals surface area contributed by atoms with Gasteiger partial charge in [-0.15, -0.1) is 5.06 Å². The smallest absolute Gasteiger partial charge is 0.311 e. The van der Waals surface area contributed by atoms with Crippen molar-refractivity contribution in [3.8, 4) is 0 Å². The molecular formula is C6H9NO3. The SMILES string of the molecule is CN1CC=C(CC(=O)O)O1. The fraction of sp³-hybridized carbons (Fsp3) is 0.500. The van der Waals surface area contributed by atoms with Crippen molar-refractivity contribution in [3.63, 3.8) is 0 Å². The van der Waals surface area contributed by atoms with E-state index >= 15 is 0 Å². The maximum Gasteiger partial charge on any atom is 0.311 e. The van der Waals surface area contributed by atoms with Gasteiger partial charge < -0.3 is 9.94 Å². The molecule has 56 valence electrons. The van der Waals surface area contributed by atoms with E-state index in [1.807, 2.05) is 0 Å². The van der Waals surface area contributed by atoms with Crippen molar-refractivity contribution in [2.24, 2.45) is 0 Å². The molecule has 1 rings (SSSR count). The fourth-order valence-electron chi connectivity index (χ4n) is 0.759. The Balaban J connectivity index is 2.37. The number of carboxylic acid groups (broad SMARTS) is 1. The van der Waals surface area contributed by atoms with E-state index in [9.17, 15) is 4.79 Å². The van der Waals surface area contributed by atoms with Crippen LogP contribution in [0.25, 0.3) is 0 Å². The van der Waals surface area contributed by atoms with E-state index in [0.717, 1.165) is 0 Å². The molecule has 0 atom stereocenters. The molecule has 4 nitrogen and oxygen atoms in total. The number of nitrogens with zero attached hydrogens (tertiary/aromatic N) is 1. The minimum atomic E-state index is -0.860. The van der Waals surface area contributed by atoms with Crippen LogP contribution in [0, 0.1) is 0 Å². The summed E-state index contributed by atoms with van der Waals surface area (Å²) in [4.78, 5) is 15.1.